The number of anilines is 2. The summed E-state index contributed by atoms with van der Waals surface area (Å²) < 4.78 is 0. The van der Waals surface area contributed by atoms with E-state index in [-0.39, 0.29) is 5.91 Å². The fourth-order valence-corrected chi connectivity index (χ4v) is 3.60. The van der Waals surface area contributed by atoms with Crippen LogP contribution in [0.2, 0.25) is 0 Å². The van der Waals surface area contributed by atoms with Gasteiger partial charge >= 0.3 is 0 Å². The van der Waals surface area contributed by atoms with Crippen LogP contribution in [0, 0.1) is 6.92 Å². The standard InChI is InChI=1S/C24H24N2O/c1-18-8-14-22(15-9-18)25-24(27)21-12-10-19(11-13-21)17-26-16-4-6-20-5-2-3-7-23(20)26/h2-3,5,7-15H,4,6,16-17H2,1H3,(H,25,27). The number of amides is 1. The van der Waals surface area contributed by atoms with E-state index in [4.69, 9.17) is 0 Å². The molecular weight excluding hydrogens is 332 g/mol. The third kappa shape index (κ3) is 4.03. The van der Waals surface area contributed by atoms with Crippen LogP contribution in [-0.4, -0.2) is 12.5 Å². The van der Waals surface area contributed by atoms with Gasteiger partial charge in [-0.05, 0) is 61.2 Å². The molecule has 1 N–H and O–H groups in total. The van der Waals surface area contributed by atoms with E-state index < -0.39 is 0 Å². The number of fused-ring (bicyclic) bond motifs is 1. The van der Waals surface area contributed by atoms with Gasteiger partial charge in [-0.1, -0.05) is 48.0 Å². The van der Waals surface area contributed by atoms with Crippen LogP contribution in [0.3, 0.4) is 0 Å². The lowest BCUT2D eigenvalue weighted by molar-refractivity contribution is 0.102. The molecule has 3 heteroatoms. The highest BCUT2D eigenvalue weighted by Gasteiger charge is 2.16. The molecule has 0 bridgehead atoms. The number of nitrogens with zero attached hydrogens (tertiary/aromatic N) is 1. The number of benzene rings is 3. The summed E-state index contributed by atoms with van der Waals surface area (Å²) in [6.07, 6.45) is 2.35. The first kappa shape index (κ1) is 17.3. The first-order valence-corrected chi connectivity index (χ1v) is 9.49. The molecule has 4 rings (SSSR count). The number of aryl methyl sites for hydroxylation is 2. The van der Waals surface area contributed by atoms with Crippen LogP contribution in [0.25, 0.3) is 0 Å². The van der Waals surface area contributed by atoms with E-state index in [1.54, 1.807) is 0 Å². The summed E-state index contributed by atoms with van der Waals surface area (Å²) in [5.74, 6) is -0.0753. The lowest BCUT2D eigenvalue weighted by Gasteiger charge is -2.31. The maximum Gasteiger partial charge on any atom is 0.255 e. The Kier molecular flexibility index (Phi) is 4.93. The number of hydrogen-bond donors (Lipinski definition) is 1. The Morgan fingerprint density at radius 2 is 1.70 bits per heavy atom. The number of para-hydroxylation sites is 1. The largest absolute Gasteiger partial charge is 0.367 e. The minimum atomic E-state index is -0.0753. The topological polar surface area (TPSA) is 32.3 Å². The molecule has 3 aromatic rings. The third-order valence-corrected chi connectivity index (χ3v) is 5.11. The van der Waals surface area contributed by atoms with Gasteiger partial charge < -0.3 is 10.2 Å². The molecule has 0 aliphatic carbocycles. The van der Waals surface area contributed by atoms with Crippen LogP contribution < -0.4 is 10.2 Å². The second-order valence-electron chi connectivity index (χ2n) is 7.17. The van der Waals surface area contributed by atoms with Gasteiger partial charge in [0, 0.05) is 30.0 Å². The molecule has 1 amide bonds. The van der Waals surface area contributed by atoms with E-state index in [9.17, 15) is 4.79 Å². The molecule has 0 saturated carbocycles. The number of carbonyl (C=O) groups excluding carboxylic acids is 1. The fourth-order valence-electron chi connectivity index (χ4n) is 3.60. The molecule has 0 aromatic heterocycles. The zero-order valence-corrected chi connectivity index (χ0v) is 15.6. The summed E-state index contributed by atoms with van der Waals surface area (Å²) in [5, 5.41) is 2.95. The van der Waals surface area contributed by atoms with Crippen LogP contribution in [0.4, 0.5) is 11.4 Å². The number of carbonyl (C=O) groups is 1. The van der Waals surface area contributed by atoms with Crippen molar-refractivity contribution in [2.24, 2.45) is 0 Å². The van der Waals surface area contributed by atoms with Crippen molar-refractivity contribution in [2.75, 3.05) is 16.8 Å². The first-order valence-electron chi connectivity index (χ1n) is 9.49. The second-order valence-corrected chi connectivity index (χ2v) is 7.17. The average Bonchev–Trinajstić information content (AvgIpc) is 2.70. The molecule has 0 atom stereocenters. The molecule has 0 fully saturated rings. The van der Waals surface area contributed by atoms with Crippen LogP contribution >= 0.6 is 0 Å². The van der Waals surface area contributed by atoms with Gasteiger partial charge in [0.05, 0.1) is 0 Å². The summed E-state index contributed by atoms with van der Waals surface area (Å²) in [6, 6.07) is 24.4. The smallest absolute Gasteiger partial charge is 0.255 e. The van der Waals surface area contributed by atoms with Crippen molar-refractivity contribution in [3.63, 3.8) is 0 Å². The molecule has 3 nitrogen and oxygen atoms in total. The fraction of sp³-hybridized carbons (Fsp3) is 0.208. The first-order chi connectivity index (χ1) is 13.2. The molecule has 27 heavy (non-hydrogen) atoms. The van der Waals surface area contributed by atoms with Crippen LogP contribution in [-0.2, 0) is 13.0 Å². The molecule has 0 unspecified atom stereocenters. The molecular formula is C24H24N2O. The number of hydrogen-bond acceptors (Lipinski definition) is 2. The minimum absolute atomic E-state index is 0.0753. The highest BCUT2D eigenvalue weighted by atomic mass is 16.1. The molecule has 136 valence electrons. The van der Waals surface area contributed by atoms with Crippen molar-refractivity contribution in [3.05, 3.63) is 95.1 Å². The zero-order chi connectivity index (χ0) is 18.6. The van der Waals surface area contributed by atoms with Gasteiger partial charge in [0.1, 0.15) is 0 Å². The normalized spacial score (nSPS) is 13.1. The van der Waals surface area contributed by atoms with Gasteiger partial charge in [-0.15, -0.1) is 0 Å². The van der Waals surface area contributed by atoms with Gasteiger partial charge in [0.25, 0.3) is 5.91 Å². The van der Waals surface area contributed by atoms with Gasteiger partial charge in [-0.3, -0.25) is 4.79 Å². The van der Waals surface area contributed by atoms with Gasteiger partial charge in [-0.25, -0.2) is 0 Å². The monoisotopic (exact) mass is 356 g/mol. The second kappa shape index (κ2) is 7.67. The Balaban J connectivity index is 1.43. The number of nitrogens with one attached hydrogen (secondary N) is 1. The lowest BCUT2D eigenvalue weighted by atomic mass is 10.0. The summed E-state index contributed by atoms with van der Waals surface area (Å²) >= 11 is 0. The minimum Gasteiger partial charge on any atom is -0.367 e. The molecule has 0 saturated heterocycles. The number of rotatable bonds is 4. The summed E-state index contributed by atoms with van der Waals surface area (Å²) in [5.41, 5.74) is 6.66. The summed E-state index contributed by atoms with van der Waals surface area (Å²) in [4.78, 5) is 14.9. The maximum absolute atomic E-state index is 12.4. The van der Waals surface area contributed by atoms with Gasteiger partial charge in [-0.2, -0.15) is 0 Å². The Morgan fingerprint density at radius 1 is 0.963 bits per heavy atom. The lowest BCUT2D eigenvalue weighted by Crippen LogP contribution is -2.28. The Morgan fingerprint density at radius 3 is 2.48 bits per heavy atom. The highest BCUT2D eigenvalue weighted by molar-refractivity contribution is 6.04. The van der Waals surface area contributed by atoms with Crippen LogP contribution in [0.15, 0.2) is 72.8 Å². The summed E-state index contributed by atoms with van der Waals surface area (Å²) in [6.45, 7) is 3.98. The van der Waals surface area contributed by atoms with E-state index in [1.807, 2.05) is 43.3 Å². The molecule has 3 aromatic carbocycles. The quantitative estimate of drug-likeness (QED) is 0.697. The van der Waals surface area contributed by atoms with E-state index >= 15 is 0 Å². The molecule has 0 radical (unpaired) electrons. The molecule has 1 aliphatic heterocycles. The van der Waals surface area contributed by atoms with Crippen molar-refractivity contribution in [2.45, 2.75) is 26.3 Å². The van der Waals surface area contributed by atoms with Crippen molar-refractivity contribution >= 4 is 17.3 Å². The summed E-state index contributed by atoms with van der Waals surface area (Å²) in [7, 11) is 0. The van der Waals surface area contributed by atoms with Crippen molar-refractivity contribution in [3.8, 4) is 0 Å². The van der Waals surface area contributed by atoms with Crippen LogP contribution in [0.1, 0.15) is 33.5 Å². The molecule has 1 aliphatic rings. The van der Waals surface area contributed by atoms with Crippen molar-refractivity contribution in [1.82, 2.24) is 0 Å². The van der Waals surface area contributed by atoms with E-state index in [1.165, 1.54) is 28.8 Å². The van der Waals surface area contributed by atoms with E-state index in [0.29, 0.717) is 5.56 Å². The highest BCUT2D eigenvalue weighted by Crippen LogP contribution is 2.28. The predicted octanol–water partition coefficient (Wildman–Crippen LogP) is 5.20. The van der Waals surface area contributed by atoms with E-state index in [2.05, 4.69) is 46.6 Å². The van der Waals surface area contributed by atoms with E-state index in [0.717, 1.165) is 25.2 Å². The van der Waals surface area contributed by atoms with Gasteiger partial charge in [0.15, 0.2) is 0 Å². The molecule has 0 spiro atoms. The Bertz CT molecular complexity index is 929. The predicted molar refractivity (Wildman–Crippen MR) is 111 cm³/mol. The van der Waals surface area contributed by atoms with Crippen molar-refractivity contribution < 1.29 is 4.79 Å². The SMILES string of the molecule is Cc1ccc(NC(=O)c2ccc(CN3CCCc4ccccc43)cc2)cc1. The Labute approximate surface area is 160 Å². The average molecular weight is 356 g/mol. The molecule has 1 heterocycles. The maximum atomic E-state index is 12.4. The zero-order valence-electron chi connectivity index (χ0n) is 15.6. The van der Waals surface area contributed by atoms with Gasteiger partial charge in [0.2, 0.25) is 0 Å². The van der Waals surface area contributed by atoms with Crippen LogP contribution in [0.5, 0.6) is 0 Å². The third-order valence-electron chi connectivity index (χ3n) is 5.11. The van der Waals surface area contributed by atoms with Crippen molar-refractivity contribution in [1.29, 1.82) is 0 Å². The Hall–Kier alpha value is -3.07.